The van der Waals surface area contributed by atoms with Crippen LogP contribution in [0.1, 0.15) is 39.3 Å². The molecule has 0 saturated carbocycles. The van der Waals surface area contributed by atoms with Crippen molar-refractivity contribution in [2.45, 2.75) is 38.5 Å². The molecule has 0 fully saturated rings. The van der Waals surface area contributed by atoms with Crippen LogP contribution in [-0.4, -0.2) is 8.96 Å². The third-order valence-corrected chi connectivity index (χ3v) is 4.85. The highest BCUT2D eigenvalue weighted by atomic mass is 32.2. The van der Waals surface area contributed by atoms with Crippen LogP contribution in [0.25, 0.3) is 10.8 Å². The lowest BCUT2D eigenvalue weighted by atomic mass is 10.0. The molecule has 0 heterocycles. The van der Waals surface area contributed by atoms with Gasteiger partial charge in [0.2, 0.25) is 0 Å². The highest BCUT2D eigenvalue weighted by Crippen LogP contribution is 2.25. The molecule has 2 nitrogen and oxygen atoms in total. The average molecular weight is 293 g/mol. The Labute approximate surface area is 122 Å². The predicted octanol–water partition coefficient (Wildman–Crippen LogP) is 4.09. The van der Waals surface area contributed by atoms with Gasteiger partial charge < -0.3 is 0 Å². The molecule has 0 aromatic heterocycles. The third-order valence-electron chi connectivity index (χ3n) is 3.17. The van der Waals surface area contributed by atoms with Crippen molar-refractivity contribution in [2.75, 3.05) is 0 Å². The van der Waals surface area contributed by atoms with Gasteiger partial charge in [-0.15, -0.1) is 0 Å². The molecule has 0 bridgehead atoms. The van der Waals surface area contributed by atoms with E-state index in [9.17, 15) is 8.60 Å². The molecule has 0 radical (unpaired) electrons. The molecule has 0 aliphatic heterocycles. The largest absolute Gasteiger partial charge is 0.242 e. The highest BCUT2D eigenvalue weighted by Gasteiger charge is 2.23. The van der Waals surface area contributed by atoms with E-state index < -0.39 is 11.0 Å². The summed E-state index contributed by atoms with van der Waals surface area (Å²) in [7, 11) is -1.23. The summed E-state index contributed by atoms with van der Waals surface area (Å²) in [5.41, 5.74) is 0.543. The zero-order chi connectivity index (χ0) is 14.9. The first kappa shape index (κ1) is 15.1. The smallest absolute Gasteiger partial charge is 0.128 e. The van der Waals surface area contributed by atoms with Crippen LogP contribution in [0.4, 0.5) is 4.39 Å². The van der Waals surface area contributed by atoms with Gasteiger partial charge in [-0.2, -0.15) is 0 Å². The number of nitrogens with one attached hydrogen (secondary N) is 1. The van der Waals surface area contributed by atoms with Crippen LogP contribution in [0.15, 0.2) is 36.4 Å². The molecule has 2 aromatic rings. The average Bonchev–Trinajstić information content (AvgIpc) is 2.36. The molecule has 1 N–H and O–H groups in total. The zero-order valence-electron chi connectivity index (χ0n) is 12.2. The van der Waals surface area contributed by atoms with Gasteiger partial charge in [0.25, 0.3) is 0 Å². The van der Waals surface area contributed by atoms with Gasteiger partial charge in [-0.3, -0.25) is 0 Å². The number of fused-ring (bicyclic) bond motifs is 1. The second-order valence-corrected chi connectivity index (χ2v) is 7.94. The van der Waals surface area contributed by atoms with E-state index in [-0.39, 0.29) is 16.6 Å². The summed E-state index contributed by atoms with van der Waals surface area (Å²) in [6, 6.07) is 10.7. The van der Waals surface area contributed by atoms with E-state index in [4.69, 9.17) is 0 Å². The second-order valence-electron chi connectivity index (χ2n) is 5.94. The van der Waals surface area contributed by atoms with E-state index >= 15 is 0 Å². The van der Waals surface area contributed by atoms with Crippen LogP contribution in [0, 0.1) is 5.82 Å². The maximum absolute atomic E-state index is 14.2. The number of halogens is 1. The Morgan fingerprint density at radius 2 is 1.70 bits per heavy atom. The molecular formula is C16H20FNOS. The van der Waals surface area contributed by atoms with Crippen LogP contribution in [-0.2, 0) is 11.0 Å². The fraction of sp³-hybridized carbons (Fsp3) is 0.375. The molecule has 0 aliphatic rings. The van der Waals surface area contributed by atoms with Crippen molar-refractivity contribution in [1.82, 2.24) is 4.72 Å². The molecule has 0 spiro atoms. The Balaban J connectivity index is 2.32. The summed E-state index contributed by atoms with van der Waals surface area (Å²) >= 11 is 0. The molecule has 4 heteroatoms. The first-order valence-corrected chi connectivity index (χ1v) is 7.80. The molecule has 0 unspecified atom stereocenters. The first-order valence-electron chi connectivity index (χ1n) is 6.65. The van der Waals surface area contributed by atoms with Crippen molar-refractivity contribution in [1.29, 1.82) is 0 Å². The molecule has 0 amide bonds. The summed E-state index contributed by atoms with van der Waals surface area (Å²) in [6.45, 7) is 7.50. The van der Waals surface area contributed by atoms with E-state index in [0.717, 1.165) is 10.8 Å². The first-order chi connectivity index (χ1) is 9.29. The van der Waals surface area contributed by atoms with Gasteiger partial charge in [-0.25, -0.2) is 13.3 Å². The van der Waals surface area contributed by atoms with Gasteiger partial charge in [0.05, 0.1) is 15.7 Å². The van der Waals surface area contributed by atoms with Gasteiger partial charge in [-0.1, -0.05) is 24.3 Å². The van der Waals surface area contributed by atoms with Crippen molar-refractivity contribution >= 4 is 21.8 Å². The van der Waals surface area contributed by atoms with Crippen LogP contribution < -0.4 is 4.72 Å². The quantitative estimate of drug-likeness (QED) is 0.907. The molecule has 108 valence electrons. The lowest BCUT2D eigenvalue weighted by molar-refractivity contribution is 0.573. The summed E-state index contributed by atoms with van der Waals surface area (Å²) in [4.78, 5) is 0. The Morgan fingerprint density at radius 3 is 2.25 bits per heavy atom. The van der Waals surface area contributed by atoms with Crippen molar-refractivity contribution in [2.24, 2.45) is 0 Å². The summed E-state index contributed by atoms with van der Waals surface area (Å²) in [5.74, 6) is -0.269. The topological polar surface area (TPSA) is 29.1 Å². The molecule has 0 saturated heterocycles. The minimum Gasteiger partial charge on any atom is -0.242 e. The fourth-order valence-electron chi connectivity index (χ4n) is 1.96. The molecule has 2 rings (SSSR count). The standard InChI is InChI=1S/C16H20FNOS/c1-11(18-20(19)16(2,3)4)14-9-12-7-5-6-8-13(12)10-15(14)17/h5-11,18H,1-4H3/t11-,20-/m1/s1. The molecular weight excluding hydrogens is 273 g/mol. The Morgan fingerprint density at radius 1 is 1.15 bits per heavy atom. The highest BCUT2D eigenvalue weighted by molar-refractivity contribution is 7.84. The predicted molar refractivity (Wildman–Crippen MR) is 83.4 cm³/mol. The van der Waals surface area contributed by atoms with Crippen molar-refractivity contribution in [3.8, 4) is 0 Å². The van der Waals surface area contributed by atoms with E-state index in [2.05, 4.69) is 4.72 Å². The Kier molecular flexibility index (Phi) is 4.25. The van der Waals surface area contributed by atoms with Crippen molar-refractivity contribution < 1.29 is 8.60 Å². The van der Waals surface area contributed by atoms with Gasteiger partial charge >= 0.3 is 0 Å². The monoisotopic (exact) mass is 293 g/mol. The number of hydrogen-bond donors (Lipinski definition) is 1. The van der Waals surface area contributed by atoms with Crippen LogP contribution in [0.2, 0.25) is 0 Å². The number of benzene rings is 2. The van der Waals surface area contributed by atoms with Crippen molar-refractivity contribution in [3.63, 3.8) is 0 Å². The van der Waals surface area contributed by atoms with Crippen LogP contribution in [0.5, 0.6) is 0 Å². The van der Waals surface area contributed by atoms with E-state index in [1.54, 1.807) is 0 Å². The van der Waals surface area contributed by atoms with E-state index in [1.165, 1.54) is 6.07 Å². The summed E-state index contributed by atoms with van der Waals surface area (Å²) < 4.78 is 28.9. The third kappa shape index (κ3) is 3.25. The second kappa shape index (κ2) is 5.62. The van der Waals surface area contributed by atoms with E-state index in [0.29, 0.717) is 5.56 Å². The lowest BCUT2D eigenvalue weighted by Crippen LogP contribution is -2.35. The summed E-state index contributed by atoms with van der Waals surface area (Å²) in [6.07, 6.45) is 0. The van der Waals surface area contributed by atoms with Crippen LogP contribution >= 0.6 is 0 Å². The molecule has 20 heavy (non-hydrogen) atoms. The van der Waals surface area contributed by atoms with Crippen LogP contribution in [0.3, 0.4) is 0 Å². The van der Waals surface area contributed by atoms with Gasteiger partial charge in [0.15, 0.2) is 0 Å². The van der Waals surface area contributed by atoms with E-state index in [1.807, 2.05) is 58.0 Å². The molecule has 2 aromatic carbocycles. The maximum Gasteiger partial charge on any atom is 0.128 e. The SMILES string of the molecule is C[C@@H](N[S@](=O)C(C)(C)C)c1cc2ccccc2cc1F. The van der Waals surface area contributed by atoms with Crippen molar-refractivity contribution in [3.05, 3.63) is 47.8 Å². The summed E-state index contributed by atoms with van der Waals surface area (Å²) in [5, 5.41) is 1.86. The molecule has 0 aliphatic carbocycles. The Hall–Kier alpha value is -1.26. The maximum atomic E-state index is 14.2. The number of hydrogen-bond acceptors (Lipinski definition) is 1. The van der Waals surface area contributed by atoms with Gasteiger partial charge in [0.1, 0.15) is 5.82 Å². The fourth-order valence-corrected chi connectivity index (χ4v) is 2.76. The molecule has 2 atom stereocenters. The van der Waals surface area contributed by atoms with Gasteiger partial charge in [0, 0.05) is 11.6 Å². The lowest BCUT2D eigenvalue weighted by Gasteiger charge is -2.22. The normalized spacial score (nSPS) is 15.2. The number of rotatable bonds is 3. The minimum atomic E-state index is -1.23. The minimum absolute atomic E-state index is 0.269. The zero-order valence-corrected chi connectivity index (χ0v) is 13.1. The van der Waals surface area contributed by atoms with Gasteiger partial charge in [-0.05, 0) is 50.6 Å². The Bertz CT molecular complexity index is 648.